The minimum Gasteiger partial charge on any atom is -0.335 e. The normalized spacial score (nSPS) is 15.1. The zero-order valence-electron chi connectivity index (χ0n) is 16.0. The highest BCUT2D eigenvalue weighted by molar-refractivity contribution is 5.93. The largest absolute Gasteiger partial charge is 0.335 e. The number of piperazine rings is 1. The average Bonchev–Trinajstić information content (AvgIpc) is 3.41. The van der Waals surface area contributed by atoms with Crippen LogP contribution in [-0.2, 0) is 6.54 Å². The molecular formula is C22H22N6O. The number of aromatic amines is 1. The molecule has 0 bridgehead atoms. The van der Waals surface area contributed by atoms with Crippen LogP contribution in [-0.4, -0.2) is 61.7 Å². The third kappa shape index (κ3) is 3.64. The average molecular weight is 386 g/mol. The number of pyridine rings is 1. The van der Waals surface area contributed by atoms with E-state index in [1.165, 1.54) is 0 Å². The van der Waals surface area contributed by atoms with Crippen LogP contribution in [0.3, 0.4) is 0 Å². The molecule has 1 aliphatic heterocycles. The predicted molar refractivity (Wildman–Crippen MR) is 110 cm³/mol. The molecule has 0 aliphatic carbocycles. The third-order valence-electron chi connectivity index (χ3n) is 5.34. The summed E-state index contributed by atoms with van der Waals surface area (Å²) < 4.78 is 1.90. The molecule has 7 nitrogen and oxygen atoms in total. The van der Waals surface area contributed by atoms with E-state index in [9.17, 15) is 4.79 Å². The fourth-order valence-corrected chi connectivity index (χ4v) is 3.76. The Balaban J connectivity index is 1.20. The molecule has 4 heterocycles. The van der Waals surface area contributed by atoms with Gasteiger partial charge < -0.3 is 4.90 Å². The number of aromatic nitrogens is 4. The van der Waals surface area contributed by atoms with E-state index in [0.717, 1.165) is 42.1 Å². The molecule has 1 aliphatic rings. The summed E-state index contributed by atoms with van der Waals surface area (Å²) in [6, 6.07) is 19.9. The summed E-state index contributed by atoms with van der Waals surface area (Å²) in [7, 11) is 0. The molecule has 0 unspecified atom stereocenters. The molecule has 4 aromatic rings. The van der Waals surface area contributed by atoms with Crippen molar-refractivity contribution < 1.29 is 4.79 Å². The first kappa shape index (κ1) is 17.6. The molecule has 146 valence electrons. The Hall–Kier alpha value is -3.45. The van der Waals surface area contributed by atoms with Gasteiger partial charge in [-0.1, -0.05) is 36.4 Å². The van der Waals surface area contributed by atoms with Crippen molar-refractivity contribution in [3.8, 4) is 11.3 Å². The van der Waals surface area contributed by atoms with Gasteiger partial charge in [-0.25, -0.2) is 4.52 Å². The van der Waals surface area contributed by atoms with Crippen molar-refractivity contribution in [1.82, 2.24) is 29.6 Å². The maximum atomic E-state index is 12.8. The zero-order valence-corrected chi connectivity index (χ0v) is 16.0. The van der Waals surface area contributed by atoms with Crippen LogP contribution in [0.2, 0.25) is 0 Å². The van der Waals surface area contributed by atoms with Crippen LogP contribution in [0, 0.1) is 0 Å². The van der Waals surface area contributed by atoms with Crippen LogP contribution >= 0.6 is 0 Å². The van der Waals surface area contributed by atoms with Crippen molar-refractivity contribution in [3.05, 3.63) is 78.2 Å². The first-order valence-corrected chi connectivity index (χ1v) is 9.82. The highest BCUT2D eigenvalue weighted by atomic mass is 16.2. The lowest BCUT2D eigenvalue weighted by atomic mass is 10.1. The van der Waals surface area contributed by atoms with Crippen LogP contribution in [0.15, 0.2) is 66.9 Å². The van der Waals surface area contributed by atoms with Gasteiger partial charge in [0.2, 0.25) is 0 Å². The summed E-state index contributed by atoms with van der Waals surface area (Å²) in [5.41, 5.74) is 4.49. The molecule has 3 aromatic heterocycles. The summed E-state index contributed by atoms with van der Waals surface area (Å²) in [5, 5.41) is 11.8. The van der Waals surface area contributed by atoms with Crippen molar-refractivity contribution in [3.63, 3.8) is 0 Å². The fraction of sp³-hybridized carbons (Fsp3) is 0.227. The van der Waals surface area contributed by atoms with Crippen LogP contribution in [0.4, 0.5) is 0 Å². The quantitative estimate of drug-likeness (QED) is 0.585. The fourth-order valence-electron chi connectivity index (χ4n) is 3.76. The number of carbonyl (C=O) groups is 1. The Morgan fingerprint density at radius 2 is 1.76 bits per heavy atom. The van der Waals surface area contributed by atoms with Crippen LogP contribution in [0.25, 0.3) is 16.8 Å². The minimum absolute atomic E-state index is 0.00654. The molecule has 1 amide bonds. The summed E-state index contributed by atoms with van der Waals surface area (Å²) in [6.07, 6.45) is 1.96. The van der Waals surface area contributed by atoms with Crippen molar-refractivity contribution in [2.75, 3.05) is 26.2 Å². The maximum Gasteiger partial charge on any atom is 0.271 e. The highest BCUT2D eigenvalue weighted by Gasteiger charge is 2.24. The summed E-state index contributed by atoms with van der Waals surface area (Å²) in [6.45, 7) is 3.86. The van der Waals surface area contributed by atoms with Crippen molar-refractivity contribution in [1.29, 1.82) is 0 Å². The van der Waals surface area contributed by atoms with E-state index >= 15 is 0 Å². The van der Waals surface area contributed by atoms with Gasteiger partial charge in [0.15, 0.2) is 0 Å². The van der Waals surface area contributed by atoms with Gasteiger partial charge in [0, 0.05) is 44.5 Å². The van der Waals surface area contributed by atoms with E-state index in [2.05, 4.69) is 32.3 Å². The van der Waals surface area contributed by atoms with Crippen molar-refractivity contribution >= 4 is 11.4 Å². The van der Waals surface area contributed by atoms with Gasteiger partial charge in [-0.15, -0.1) is 0 Å². The van der Waals surface area contributed by atoms with E-state index in [1.54, 1.807) is 0 Å². The molecule has 0 radical (unpaired) electrons. The zero-order chi connectivity index (χ0) is 19.6. The number of benzene rings is 1. The smallest absolute Gasteiger partial charge is 0.271 e. The van der Waals surface area contributed by atoms with Crippen molar-refractivity contribution in [2.45, 2.75) is 6.54 Å². The lowest BCUT2D eigenvalue weighted by molar-refractivity contribution is 0.0621. The number of amides is 1. The Labute approximate surface area is 168 Å². The number of carbonyl (C=O) groups excluding carboxylic acids is 1. The molecule has 1 N–H and O–H groups in total. The van der Waals surface area contributed by atoms with Gasteiger partial charge in [-0.05, 0) is 24.3 Å². The summed E-state index contributed by atoms with van der Waals surface area (Å²) in [4.78, 5) is 17.1. The predicted octanol–water partition coefficient (Wildman–Crippen LogP) is 2.68. The Bertz CT molecular complexity index is 1090. The van der Waals surface area contributed by atoms with Gasteiger partial charge in [0.25, 0.3) is 5.91 Å². The molecule has 5 rings (SSSR count). The number of H-pyrrole nitrogens is 1. The SMILES string of the molecule is O=C(c1cc(-c2ccccc2)n[nH]1)N1CCN(Cc2cc3ccccn3n2)CC1. The topological polar surface area (TPSA) is 69.5 Å². The van der Waals surface area contributed by atoms with E-state index in [0.29, 0.717) is 18.8 Å². The second kappa shape index (κ2) is 7.52. The lowest BCUT2D eigenvalue weighted by Crippen LogP contribution is -2.48. The number of nitrogens with zero attached hydrogens (tertiary/aromatic N) is 5. The van der Waals surface area contributed by atoms with Gasteiger partial charge in [0.05, 0.1) is 16.9 Å². The Morgan fingerprint density at radius 3 is 2.55 bits per heavy atom. The molecule has 0 atom stereocenters. The molecular weight excluding hydrogens is 364 g/mol. The number of hydrogen-bond donors (Lipinski definition) is 1. The Morgan fingerprint density at radius 1 is 0.966 bits per heavy atom. The molecule has 7 heteroatoms. The summed E-state index contributed by atoms with van der Waals surface area (Å²) in [5.74, 6) is 0.00654. The van der Waals surface area contributed by atoms with Gasteiger partial charge >= 0.3 is 0 Å². The van der Waals surface area contributed by atoms with E-state index < -0.39 is 0 Å². The molecule has 0 saturated carbocycles. The van der Waals surface area contributed by atoms with Gasteiger partial charge in [-0.2, -0.15) is 10.2 Å². The molecule has 1 fully saturated rings. The van der Waals surface area contributed by atoms with E-state index in [1.807, 2.05) is 64.1 Å². The molecule has 29 heavy (non-hydrogen) atoms. The number of rotatable bonds is 4. The number of nitrogens with one attached hydrogen (secondary N) is 1. The second-order valence-electron chi connectivity index (χ2n) is 7.31. The third-order valence-corrected chi connectivity index (χ3v) is 5.34. The second-order valence-corrected chi connectivity index (χ2v) is 7.31. The maximum absolute atomic E-state index is 12.8. The lowest BCUT2D eigenvalue weighted by Gasteiger charge is -2.34. The van der Waals surface area contributed by atoms with Crippen LogP contribution in [0.5, 0.6) is 0 Å². The Kier molecular flexibility index (Phi) is 4.57. The van der Waals surface area contributed by atoms with Crippen LogP contribution < -0.4 is 0 Å². The first-order valence-electron chi connectivity index (χ1n) is 9.82. The highest BCUT2D eigenvalue weighted by Crippen LogP contribution is 2.18. The summed E-state index contributed by atoms with van der Waals surface area (Å²) >= 11 is 0. The first-order chi connectivity index (χ1) is 14.3. The van der Waals surface area contributed by atoms with Gasteiger partial charge in [-0.3, -0.25) is 14.8 Å². The van der Waals surface area contributed by atoms with E-state index in [-0.39, 0.29) is 5.91 Å². The minimum atomic E-state index is 0.00654. The van der Waals surface area contributed by atoms with E-state index in [4.69, 9.17) is 0 Å². The number of hydrogen-bond acceptors (Lipinski definition) is 4. The number of fused-ring (bicyclic) bond motifs is 1. The molecule has 0 spiro atoms. The van der Waals surface area contributed by atoms with Gasteiger partial charge in [0.1, 0.15) is 5.69 Å². The van der Waals surface area contributed by atoms with Crippen molar-refractivity contribution in [2.24, 2.45) is 0 Å². The monoisotopic (exact) mass is 386 g/mol. The standard InChI is InChI=1S/C22H22N6O/c29-22(21-15-20(23-24-21)17-6-2-1-3-7-17)27-12-10-26(11-13-27)16-18-14-19-8-4-5-9-28(19)25-18/h1-9,14-15H,10-13,16H2,(H,23,24). The molecule has 1 saturated heterocycles. The molecule has 1 aromatic carbocycles. The van der Waals surface area contributed by atoms with Crippen LogP contribution in [0.1, 0.15) is 16.2 Å².